The summed E-state index contributed by atoms with van der Waals surface area (Å²) in [6.45, 7) is 3.42. The number of rotatable bonds is 6. The molecule has 1 fully saturated rings. The molecule has 0 bridgehead atoms. The number of nitrogens with one attached hydrogen (secondary N) is 1. The first-order valence-corrected chi connectivity index (χ1v) is 8.33. The molecule has 1 aliphatic rings. The van der Waals surface area contributed by atoms with E-state index in [1.807, 2.05) is 6.07 Å². The number of methoxy groups -OCH3 is 1. The number of halogens is 1. The minimum Gasteiger partial charge on any atom is -0.494 e. The van der Waals surface area contributed by atoms with E-state index in [9.17, 15) is 4.39 Å². The Morgan fingerprint density at radius 2 is 2.32 bits per heavy atom. The minimum absolute atomic E-state index is 0.274. The van der Waals surface area contributed by atoms with Crippen LogP contribution in [-0.2, 0) is 6.54 Å². The summed E-state index contributed by atoms with van der Waals surface area (Å²) < 4.78 is 18.7. The molecule has 0 unspecified atom stereocenters. The second-order valence-electron chi connectivity index (χ2n) is 6.25. The van der Waals surface area contributed by atoms with Gasteiger partial charge in [0.2, 0.25) is 0 Å². The number of hydrogen-bond acceptors (Lipinski definition) is 5. The first-order valence-electron chi connectivity index (χ1n) is 8.33. The van der Waals surface area contributed by atoms with Gasteiger partial charge in [-0.2, -0.15) is 5.26 Å². The second-order valence-corrected chi connectivity index (χ2v) is 6.25. The van der Waals surface area contributed by atoms with Crippen LogP contribution in [0.5, 0.6) is 5.75 Å². The number of anilines is 1. The lowest BCUT2D eigenvalue weighted by Crippen LogP contribution is -2.23. The molecule has 25 heavy (non-hydrogen) atoms. The van der Waals surface area contributed by atoms with E-state index in [0.29, 0.717) is 17.3 Å². The highest BCUT2D eigenvalue weighted by Gasteiger charge is 2.23. The van der Waals surface area contributed by atoms with E-state index in [1.54, 1.807) is 24.4 Å². The lowest BCUT2D eigenvalue weighted by Gasteiger charge is -2.17. The number of ether oxygens (including phenoxy) is 1. The zero-order valence-corrected chi connectivity index (χ0v) is 14.2. The molecule has 1 N–H and O–H groups in total. The summed E-state index contributed by atoms with van der Waals surface area (Å²) in [4.78, 5) is 6.54. The largest absolute Gasteiger partial charge is 0.494 e. The van der Waals surface area contributed by atoms with Crippen LogP contribution >= 0.6 is 0 Å². The van der Waals surface area contributed by atoms with Gasteiger partial charge in [0.1, 0.15) is 11.9 Å². The van der Waals surface area contributed by atoms with Gasteiger partial charge in [-0.15, -0.1) is 0 Å². The van der Waals surface area contributed by atoms with Crippen molar-refractivity contribution in [2.45, 2.75) is 13.0 Å². The van der Waals surface area contributed by atoms with Crippen LogP contribution in [0.3, 0.4) is 0 Å². The van der Waals surface area contributed by atoms with Crippen molar-refractivity contribution < 1.29 is 9.13 Å². The number of likely N-dealkylation sites (tertiary alicyclic amines) is 1. The van der Waals surface area contributed by atoms with Gasteiger partial charge >= 0.3 is 0 Å². The van der Waals surface area contributed by atoms with Gasteiger partial charge in [-0.25, -0.2) is 9.37 Å². The van der Waals surface area contributed by atoms with E-state index in [-0.39, 0.29) is 11.6 Å². The number of benzene rings is 1. The van der Waals surface area contributed by atoms with Gasteiger partial charge in [0.15, 0.2) is 11.6 Å². The quantitative estimate of drug-likeness (QED) is 0.876. The summed E-state index contributed by atoms with van der Waals surface area (Å²) in [5.41, 5.74) is 1.51. The summed E-state index contributed by atoms with van der Waals surface area (Å²) >= 11 is 0. The third kappa shape index (κ3) is 4.25. The Morgan fingerprint density at radius 3 is 3.08 bits per heavy atom. The molecule has 1 atom stereocenters. The molecule has 1 aromatic carbocycles. The molecule has 0 spiro atoms. The molecule has 0 amide bonds. The number of nitriles is 1. The molecule has 1 aromatic heterocycles. The Hall–Kier alpha value is -2.65. The van der Waals surface area contributed by atoms with Gasteiger partial charge in [0.05, 0.1) is 12.7 Å². The van der Waals surface area contributed by atoms with Crippen molar-refractivity contribution in [3.63, 3.8) is 0 Å². The van der Waals surface area contributed by atoms with E-state index in [0.717, 1.165) is 38.2 Å². The number of hydrogen-bond donors (Lipinski definition) is 1. The van der Waals surface area contributed by atoms with Gasteiger partial charge in [0.25, 0.3) is 0 Å². The Labute approximate surface area is 147 Å². The van der Waals surface area contributed by atoms with Gasteiger partial charge in [0, 0.05) is 25.8 Å². The van der Waals surface area contributed by atoms with Crippen molar-refractivity contribution in [2.75, 3.05) is 32.1 Å². The molecule has 0 saturated carbocycles. The third-order valence-corrected chi connectivity index (χ3v) is 4.48. The van der Waals surface area contributed by atoms with Crippen molar-refractivity contribution in [1.82, 2.24) is 9.88 Å². The lowest BCUT2D eigenvalue weighted by molar-refractivity contribution is 0.317. The maximum atomic E-state index is 13.8. The van der Waals surface area contributed by atoms with Crippen molar-refractivity contribution in [1.29, 1.82) is 5.26 Å². The average Bonchev–Trinajstić information content (AvgIpc) is 3.07. The molecule has 1 aliphatic heterocycles. The van der Waals surface area contributed by atoms with Crippen LogP contribution in [0.1, 0.15) is 17.5 Å². The van der Waals surface area contributed by atoms with Crippen LogP contribution in [0.15, 0.2) is 36.5 Å². The molecule has 2 heterocycles. The SMILES string of the molecule is COc1ccc(CN2CC[C@H](CNc3ncccc3C#N)C2)cc1F. The Bertz CT molecular complexity index is 774. The fourth-order valence-electron chi connectivity index (χ4n) is 3.17. The van der Waals surface area contributed by atoms with Crippen LogP contribution in [0.4, 0.5) is 10.2 Å². The molecule has 0 aliphatic carbocycles. The average molecular weight is 340 g/mol. The molecule has 1 saturated heterocycles. The summed E-state index contributed by atoms with van der Waals surface area (Å²) in [5, 5.41) is 12.4. The van der Waals surface area contributed by atoms with E-state index >= 15 is 0 Å². The minimum atomic E-state index is -0.323. The van der Waals surface area contributed by atoms with Crippen molar-refractivity contribution in [3.05, 3.63) is 53.5 Å². The molecular formula is C19H21FN4O. The maximum absolute atomic E-state index is 13.8. The highest BCUT2D eigenvalue weighted by molar-refractivity contribution is 5.51. The fourth-order valence-corrected chi connectivity index (χ4v) is 3.17. The first-order chi connectivity index (χ1) is 12.2. The van der Waals surface area contributed by atoms with Crippen molar-refractivity contribution in [3.8, 4) is 11.8 Å². The molecule has 5 nitrogen and oxygen atoms in total. The zero-order chi connectivity index (χ0) is 17.6. The Balaban J connectivity index is 1.52. The summed E-state index contributed by atoms with van der Waals surface area (Å²) in [6, 6.07) is 10.8. The van der Waals surface area contributed by atoms with Gasteiger partial charge < -0.3 is 10.1 Å². The smallest absolute Gasteiger partial charge is 0.165 e. The summed E-state index contributed by atoms with van der Waals surface area (Å²) in [6.07, 6.45) is 2.75. The van der Waals surface area contributed by atoms with Gasteiger partial charge in [-0.1, -0.05) is 6.07 Å². The normalized spacial score (nSPS) is 17.2. The highest BCUT2D eigenvalue weighted by atomic mass is 19.1. The third-order valence-electron chi connectivity index (χ3n) is 4.48. The summed E-state index contributed by atoms with van der Waals surface area (Å²) in [5.74, 6) is 1.07. The molecule has 2 aromatic rings. The maximum Gasteiger partial charge on any atom is 0.165 e. The number of aromatic nitrogens is 1. The van der Waals surface area contributed by atoms with Gasteiger partial charge in [-0.05, 0) is 48.7 Å². The fraction of sp³-hybridized carbons (Fsp3) is 0.368. The monoisotopic (exact) mass is 340 g/mol. The lowest BCUT2D eigenvalue weighted by atomic mass is 10.1. The Kier molecular flexibility index (Phi) is 5.46. The van der Waals surface area contributed by atoms with Crippen LogP contribution in [0, 0.1) is 23.1 Å². The van der Waals surface area contributed by atoms with Crippen LogP contribution in [-0.4, -0.2) is 36.6 Å². The second kappa shape index (κ2) is 7.95. The predicted molar refractivity (Wildman–Crippen MR) is 93.8 cm³/mol. The molecule has 3 rings (SSSR count). The van der Waals surface area contributed by atoms with Gasteiger partial charge in [-0.3, -0.25) is 4.90 Å². The van der Waals surface area contributed by atoms with Crippen LogP contribution in [0.2, 0.25) is 0 Å². The Morgan fingerprint density at radius 1 is 1.44 bits per heavy atom. The van der Waals surface area contributed by atoms with E-state index in [1.165, 1.54) is 13.2 Å². The first kappa shape index (κ1) is 17.2. The van der Waals surface area contributed by atoms with E-state index in [4.69, 9.17) is 10.00 Å². The topological polar surface area (TPSA) is 61.2 Å². The molecule has 0 radical (unpaired) electrons. The van der Waals surface area contributed by atoms with Crippen LogP contribution in [0.25, 0.3) is 0 Å². The molecule has 130 valence electrons. The highest BCUT2D eigenvalue weighted by Crippen LogP contribution is 2.22. The molecular weight excluding hydrogens is 319 g/mol. The van der Waals surface area contributed by atoms with Crippen LogP contribution < -0.4 is 10.1 Å². The standard InChI is InChI=1S/C19H21FN4O/c1-25-18-5-4-14(9-17(18)20)12-24-8-6-15(13-24)11-23-19-16(10-21)3-2-7-22-19/h2-5,7,9,15H,6,8,11-13H2,1H3,(H,22,23)/t15-/m1/s1. The van der Waals surface area contributed by atoms with E-state index < -0.39 is 0 Å². The number of nitrogens with zero attached hydrogens (tertiary/aromatic N) is 3. The summed E-state index contributed by atoms with van der Waals surface area (Å²) in [7, 11) is 1.47. The van der Waals surface area contributed by atoms with E-state index in [2.05, 4.69) is 21.3 Å². The number of pyridine rings is 1. The van der Waals surface area contributed by atoms with Crippen molar-refractivity contribution in [2.24, 2.45) is 5.92 Å². The predicted octanol–water partition coefficient (Wildman–Crippen LogP) is 3.03. The molecule has 6 heteroatoms. The van der Waals surface area contributed by atoms with Crippen molar-refractivity contribution >= 4 is 5.82 Å². The zero-order valence-electron chi connectivity index (χ0n) is 14.2.